The van der Waals surface area contributed by atoms with Crippen LogP contribution in [0.1, 0.15) is 18.6 Å². The van der Waals surface area contributed by atoms with Gasteiger partial charge in [-0.3, -0.25) is 4.79 Å². The fraction of sp³-hybridized carbons (Fsp3) is 0.286. The van der Waals surface area contributed by atoms with Crippen LogP contribution in [0.15, 0.2) is 57.8 Å². The molecule has 2 heterocycles. The first-order chi connectivity index (χ1) is 14.3. The van der Waals surface area contributed by atoms with Gasteiger partial charge in [0.1, 0.15) is 23.8 Å². The van der Waals surface area contributed by atoms with Crippen LogP contribution >= 0.6 is 11.6 Å². The summed E-state index contributed by atoms with van der Waals surface area (Å²) in [5.74, 6) is -0.894. The molecule has 1 aliphatic heterocycles. The van der Waals surface area contributed by atoms with E-state index >= 15 is 0 Å². The molecule has 0 radical (unpaired) electrons. The van der Waals surface area contributed by atoms with E-state index in [9.17, 15) is 17.6 Å². The molecule has 1 aromatic heterocycles. The number of fused-ring (bicyclic) bond motifs is 1. The number of carbonyl (C=O) groups excluding carboxylic acids is 1. The lowest BCUT2D eigenvalue weighted by atomic mass is 9.98. The number of hydrogen-bond donors (Lipinski definition) is 0. The van der Waals surface area contributed by atoms with Crippen molar-refractivity contribution in [2.45, 2.75) is 24.3 Å². The number of piperidine rings is 1. The molecule has 0 saturated carbocycles. The third kappa shape index (κ3) is 4.21. The number of carbonyl (C=O) groups is 1. The summed E-state index contributed by atoms with van der Waals surface area (Å²) < 4.78 is 51.1. The number of nitrogens with zero attached hydrogens (tertiary/aromatic N) is 1. The van der Waals surface area contributed by atoms with Gasteiger partial charge < -0.3 is 9.15 Å². The largest absolute Gasteiger partial charge is 0.457 e. The van der Waals surface area contributed by atoms with E-state index in [-0.39, 0.29) is 35.6 Å². The van der Waals surface area contributed by atoms with Crippen molar-refractivity contribution in [3.8, 4) is 0 Å². The summed E-state index contributed by atoms with van der Waals surface area (Å²) in [6.45, 7) is 0.365. The summed E-state index contributed by atoms with van der Waals surface area (Å²) >= 11 is 5.71. The summed E-state index contributed by atoms with van der Waals surface area (Å²) in [5.41, 5.74) is 0.725. The Labute approximate surface area is 178 Å². The molecule has 1 aliphatic rings. The Morgan fingerprint density at radius 3 is 2.60 bits per heavy atom. The van der Waals surface area contributed by atoms with E-state index in [2.05, 4.69) is 0 Å². The minimum Gasteiger partial charge on any atom is -0.457 e. The van der Waals surface area contributed by atoms with Gasteiger partial charge in [-0.15, -0.1) is 0 Å². The maximum absolute atomic E-state index is 13.3. The van der Waals surface area contributed by atoms with Crippen molar-refractivity contribution in [2.75, 3.05) is 13.1 Å². The highest BCUT2D eigenvalue weighted by Gasteiger charge is 2.33. The van der Waals surface area contributed by atoms with Crippen LogP contribution < -0.4 is 0 Å². The second-order valence-corrected chi connectivity index (χ2v) is 9.46. The zero-order valence-corrected chi connectivity index (χ0v) is 17.5. The molecule has 4 rings (SSSR count). The Balaban J connectivity index is 1.34. The van der Waals surface area contributed by atoms with Gasteiger partial charge in [0.25, 0.3) is 0 Å². The highest BCUT2D eigenvalue weighted by Crippen LogP contribution is 2.27. The fourth-order valence-corrected chi connectivity index (χ4v) is 5.23. The molecule has 0 N–H and O–H groups in total. The number of rotatable bonds is 5. The molecule has 0 spiro atoms. The lowest BCUT2D eigenvalue weighted by Gasteiger charge is -2.30. The van der Waals surface area contributed by atoms with Crippen LogP contribution in [0.2, 0.25) is 5.02 Å². The zero-order valence-electron chi connectivity index (χ0n) is 15.9. The third-order valence-electron chi connectivity index (χ3n) is 5.15. The molecular weight excluding hydrogens is 433 g/mol. The number of hydrogen-bond acceptors (Lipinski definition) is 5. The third-order valence-corrected chi connectivity index (χ3v) is 7.33. The van der Waals surface area contributed by atoms with Crippen molar-refractivity contribution in [3.63, 3.8) is 0 Å². The SMILES string of the molecule is O=C(OCc1cc2ccccc2o1)C1CCN(S(=O)(=O)c2ccc(F)c(Cl)c2)CC1. The molecule has 3 aromatic rings. The Morgan fingerprint density at radius 2 is 1.90 bits per heavy atom. The van der Waals surface area contributed by atoms with E-state index in [0.29, 0.717) is 18.6 Å². The van der Waals surface area contributed by atoms with Crippen molar-refractivity contribution in [3.05, 3.63) is 65.1 Å². The molecule has 0 aliphatic carbocycles. The van der Waals surface area contributed by atoms with E-state index in [4.69, 9.17) is 20.8 Å². The van der Waals surface area contributed by atoms with E-state index in [1.54, 1.807) is 0 Å². The number of para-hydroxylation sites is 1. The van der Waals surface area contributed by atoms with Gasteiger partial charge >= 0.3 is 5.97 Å². The van der Waals surface area contributed by atoms with Crippen LogP contribution in [0.25, 0.3) is 11.0 Å². The molecule has 0 unspecified atom stereocenters. The Morgan fingerprint density at radius 1 is 1.17 bits per heavy atom. The van der Waals surface area contributed by atoms with Crippen molar-refractivity contribution in [2.24, 2.45) is 5.92 Å². The van der Waals surface area contributed by atoms with E-state index in [0.717, 1.165) is 23.1 Å². The fourth-order valence-electron chi connectivity index (χ4n) is 3.49. The van der Waals surface area contributed by atoms with Crippen LogP contribution in [0.3, 0.4) is 0 Å². The quantitative estimate of drug-likeness (QED) is 0.538. The predicted octanol–water partition coefficient (Wildman–Crippen LogP) is 4.37. The Kier molecular flexibility index (Phi) is 5.81. The molecule has 9 heteroatoms. The maximum atomic E-state index is 13.3. The highest BCUT2D eigenvalue weighted by molar-refractivity contribution is 7.89. The predicted molar refractivity (Wildman–Crippen MR) is 109 cm³/mol. The van der Waals surface area contributed by atoms with Crippen LogP contribution in [-0.2, 0) is 26.2 Å². The number of ether oxygens (including phenoxy) is 1. The minimum atomic E-state index is -3.81. The van der Waals surface area contributed by atoms with Gasteiger partial charge in [0.05, 0.1) is 15.8 Å². The molecule has 0 amide bonds. The molecule has 30 heavy (non-hydrogen) atoms. The Bertz CT molecular complexity index is 1150. The molecule has 2 aromatic carbocycles. The second kappa shape index (κ2) is 8.37. The summed E-state index contributed by atoms with van der Waals surface area (Å²) in [5, 5.41) is 0.683. The molecule has 6 nitrogen and oxygen atoms in total. The maximum Gasteiger partial charge on any atom is 0.309 e. The average Bonchev–Trinajstić information content (AvgIpc) is 3.17. The second-order valence-electron chi connectivity index (χ2n) is 7.11. The van der Waals surface area contributed by atoms with Crippen molar-refractivity contribution in [1.29, 1.82) is 0 Å². The first-order valence-electron chi connectivity index (χ1n) is 9.44. The number of halogens is 2. The van der Waals surface area contributed by atoms with Crippen LogP contribution in [0.4, 0.5) is 4.39 Å². The normalized spacial score (nSPS) is 16.1. The molecule has 0 atom stereocenters. The molecule has 1 saturated heterocycles. The van der Waals surface area contributed by atoms with E-state index in [1.165, 1.54) is 10.4 Å². The molecule has 158 valence electrons. The van der Waals surface area contributed by atoms with Crippen LogP contribution in [0.5, 0.6) is 0 Å². The number of benzene rings is 2. The van der Waals surface area contributed by atoms with Gasteiger partial charge in [-0.2, -0.15) is 4.31 Å². The zero-order chi connectivity index (χ0) is 21.3. The van der Waals surface area contributed by atoms with Crippen LogP contribution in [-0.4, -0.2) is 31.8 Å². The smallest absolute Gasteiger partial charge is 0.309 e. The van der Waals surface area contributed by atoms with Crippen molar-refractivity contribution < 1.29 is 26.8 Å². The molecular formula is C21H19ClFNO5S. The summed E-state index contributed by atoms with van der Waals surface area (Å²) in [4.78, 5) is 12.3. The van der Waals surface area contributed by atoms with Gasteiger partial charge in [0.15, 0.2) is 0 Å². The van der Waals surface area contributed by atoms with Gasteiger partial charge in [0.2, 0.25) is 10.0 Å². The number of sulfonamides is 1. The summed E-state index contributed by atoms with van der Waals surface area (Å²) in [6, 6.07) is 12.6. The minimum absolute atomic E-state index is 0.0279. The lowest BCUT2D eigenvalue weighted by Crippen LogP contribution is -2.40. The molecule has 1 fully saturated rings. The van der Waals surface area contributed by atoms with Crippen LogP contribution in [0, 0.1) is 11.7 Å². The Hall–Kier alpha value is -2.42. The average molecular weight is 452 g/mol. The topological polar surface area (TPSA) is 76.8 Å². The first kappa shape index (κ1) is 20.8. The van der Waals surface area contributed by atoms with E-state index < -0.39 is 21.8 Å². The van der Waals surface area contributed by atoms with E-state index in [1.807, 2.05) is 30.3 Å². The summed E-state index contributed by atoms with van der Waals surface area (Å²) in [7, 11) is -3.81. The first-order valence-corrected chi connectivity index (χ1v) is 11.3. The molecule has 0 bridgehead atoms. The van der Waals surface area contributed by atoms with Gasteiger partial charge in [0, 0.05) is 18.5 Å². The standard InChI is InChI=1S/C21H19ClFNO5S/c22-18-12-17(5-6-19(18)23)30(26,27)24-9-7-14(8-10-24)21(25)28-13-16-11-15-3-1-2-4-20(15)29-16/h1-6,11-12,14H,7-10,13H2. The van der Waals surface area contributed by atoms with Gasteiger partial charge in [-0.25, -0.2) is 12.8 Å². The van der Waals surface area contributed by atoms with Crippen molar-refractivity contribution in [1.82, 2.24) is 4.31 Å². The number of furan rings is 1. The summed E-state index contributed by atoms with van der Waals surface area (Å²) in [6.07, 6.45) is 0.681. The highest BCUT2D eigenvalue weighted by atomic mass is 35.5. The van der Waals surface area contributed by atoms with Gasteiger partial charge in [-0.1, -0.05) is 29.8 Å². The van der Waals surface area contributed by atoms with Gasteiger partial charge in [-0.05, 0) is 43.2 Å². The number of esters is 1. The lowest BCUT2D eigenvalue weighted by molar-refractivity contribution is -0.151. The monoisotopic (exact) mass is 451 g/mol. The van der Waals surface area contributed by atoms with Crippen molar-refractivity contribution >= 4 is 38.6 Å².